The van der Waals surface area contributed by atoms with Crippen LogP contribution in [0.5, 0.6) is 0 Å². The average Bonchev–Trinajstić information content (AvgIpc) is 2.90. The zero-order chi connectivity index (χ0) is 14.5. The first-order valence-electron chi connectivity index (χ1n) is 6.44. The summed E-state index contributed by atoms with van der Waals surface area (Å²) < 4.78 is 0. The van der Waals surface area contributed by atoms with Gasteiger partial charge in [0.1, 0.15) is 11.6 Å². The number of aromatic nitrogens is 1. The summed E-state index contributed by atoms with van der Waals surface area (Å²) in [5.41, 5.74) is 1.24. The number of halogens is 2. The molecule has 0 aliphatic rings. The zero-order valence-electron chi connectivity index (χ0n) is 11.5. The van der Waals surface area contributed by atoms with Gasteiger partial charge in [-0.3, -0.25) is 0 Å². The third kappa shape index (κ3) is 3.78. The standard InChI is InChI=1S/C14H17Cl2N3S/c1-3-5-17-13-11(15)7-12(16)14(18-13)19(2)8-10-4-6-20-9-10/h4,6-7,9H,3,5,8H2,1-2H3,(H,17,18). The topological polar surface area (TPSA) is 28.2 Å². The third-order valence-electron chi connectivity index (χ3n) is 2.81. The minimum Gasteiger partial charge on any atom is -0.369 e. The molecule has 6 heteroatoms. The van der Waals surface area contributed by atoms with Crippen molar-refractivity contribution in [3.05, 3.63) is 38.5 Å². The molecule has 20 heavy (non-hydrogen) atoms. The SMILES string of the molecule is CCCNc1nc(N(C)Cc2ccsc2)c(Cl)cc1Cl. The van der Waals surface area contributed by atoms with Gasteiger partial charge in [0, 0.05) is 20.1 Å². The van der Waals surface area contributed by atoms with Crippen molar-refractivity contribution in [1.82, 2.24) is 4.98 Å². The third-order valence-corrected chi connectivity index (χ3v) is 4.11. The smallest absolute Gasteiger partial charge is 0.149 e. The first kappa shape index (κ1) is 15.4. The van der Waals surface area contributed by atoms with Crippen molar-refractivity contribution in [2.45, 2.75) is 19.9 Å². The van der Waals surface area contributed by atoms with Crippen LogP contribution >= 0.6 is 34.5 Å². The Balaban J connectivity index is 2.21. The molecule has 108 valence electrons. The Labute approximate surface area is 133 Å². The molecular weight excluding hydrogens is 313 g/mol. The molecule has 0 spiro atoms. The number of nitrogens with one attached hydrogen (secondary N) is 1. The van der Waals surface area contributed by atoms with Gasteiger partial charge in [-0.25, -0.2) is 4.98 Å². The van der Waals surface area contributed by atoms with Crippen molar-refractivity contribution in [3.63, 3.8) is 0 Å². The van der Waals surface area contributed by atoms with Gasteiger partial charge in [-0.1, -0.05) is 30.1 Å². The van der Waals surface area contributed by atoms with E-state index in [1.54, 1.807) is 17.4 Å². The van der Waals surface area contributed by atoms with Crippen molar-refractivity contribution in [3.8, 4) is 0 Å². The summed E-state index contributed by atoms with van der Waals surface area (Å²) in [5.74, 6) is 1.42. The van der Waals surface area contributed by atoms with Crippen molar-refractivity contribution < 1.29 is 0 Å². The van der Waals surface area contributed by atoms with Crippen LogP contribution in [-0.4, -0.2) is 18.6 Å². The molecule has 0 fully saturated rings. The predicted molar refractivity (Wildman–Crippen MR) is 89.5 cm³/mol. The number of thiophene rings is 1. The highest BCUT2D eigenvalue weighted by Crippen LogP contribution is 2.31. The van der Waals surface area contributed by atoms with E-state index in [0.717, 1.165) is 25.3 Å². The van der Waals surface area contributed by atoms with Crippen LogP contribution in [-0.2, 0) is 6.54 Å². The Kier molecular flexibility index (Phi) is 5.52. The summed E-state index contributed by atoms with van der Waals surface area (Å²) in [7, 11) is 1.98. The fourth-order valence-corrected chi connectivity index (χ4v) is 3.05. The van der Waals surface area contributed by atoms with Gasteiger partial charge in [-0.05, 0) is 34.9 Å². The summed E-state index contributed by atoms with van der Waals surface area (Å²) in [6, 6.07) is 3.84. The molecule has 3 nitrogen and oxygen atoms in total. The lowest BCUT2D eigenvalue weighted by atomic mass is 10.3. The van der Waals surface area contributed by atoms with E-state index in [1.807, 2.05) is 11.9 Å². The second-order valence-electron chi connectivity index (χ2n) is 4.54. The van der Waals surface area contributed by atoms with E-state index in [-0.39, 0.29) is 0 Å². The summed E-state index contributed by atoms with van der Waals surface area (Å²) in [5, 5.41) is 8.52. The lowest BCUT2D eigenvalue weighted by Gasteiger charge is -2.20. The maximum Gasteiger partial charge on any atom is 0.149 e. The van der Waals surface area contributed by atoms with Gasteiger partial charge in [-0.15, -0.1) is 0 Å². The molecule has 2 heterocycles. The van der Waals surface area contributed by atoms with Crippen LogP contribution in [0.15, 0.2) is 22.9 Å². The molecule has 0 radical (unpaired) electrons. The second-order valence-corrected chi connectivity index (χ2v) is 6.13. The first-order chi connectivity index (χ1) is 9.61. The zero-order valence-corrected chi connectivity index (χ0v) is 13.8. The van der Waals surface area contributed by atoms with Gasteiger partial charge in [0.15, 0.2) is 0 Å². The summed E-state index contributed by atoms with van der Waals surface area (Å²) in [6.07, 6.45) is 1.01. The Morgan fingerprint density at radius 1 is 1.35 bits per heavy atom. The number of pyridine rings is 1. The Morgan fingerprint density at radius 3 is 2.80 bits per heavy atom. The maximum absolute atomic E-state index is 6.26. The van der Waals surface area contributed by atoms with Gasteiger partial charge in [0.05, 0.1) is 10.0 Å². The van der Waals surface area contributed by atoms with Crippen LogP contribution in [0, 0.1) is 0 Å². The monoisotopic (exact) mass is 329 g/mol. The van der Waals surface area contributed by atoms with Gasteiger partial charge < -0.3 is 10.2 Å². The molecule has 2 rings (SSSR count). The quantitative estimate of drug-likeness (QED) is 0.816. The molecule has 0 saturated carbocycles. The van der Waals surface area contributed by atoms with E-state index in [1.165, 1.54) is 5.56 Å². The van der Waals surface area contributed by atoms with Crippen molar-refractivity contribution in [2.75, 3.05) is 23.8 Å². The van der Waals surface area contributed by atoms with Crippen LogP contribution < -0.4 is 10.2 Å². The largest absolute Gasteiger partial charge is 0.369 e. The minimum absolute atomic E-state index is 0.552. The fraction of sp³-hybridized carbons (Fsp3) is 0.357. The summed E-state index contributed by atoms with van der Waals surface area (Å²) in [4.78, 5) is 6.57. The van der Waals surface area contributed by atoms with Gasteiger partial charge in [-0.2, -0.15) is 11.3 Å². The predicted octanol–water partition coefficient (Wildman–Crippen LogP) is 4.91. The first-order valence-corrected chi connectivity index (χ1v) is 8.13. The van der Waals surface area contributed by atoms with Gasteiger partial charge in [0.2, 0.25) is 0 Å². The molecule has 0 aliphatic heterocycles. The van der Waals surface area contributed by atoms with E-state index >= 15 is 0 Å². The van der Waals surface area contributed by atoms with Crippen molar-refractivity contribution in [2.24, 2.45) is 0 Å². The Hall–Kier alpha value is -0.970. The van der Waals surface area contributed by atoms with Crippen molar-refractivity contribution in [1.29, 1.82) is 0 Å². The summed E-state index contributed by atoms with van der Waals surface area (Å²) >= 11 is 14.1. The molecular formula is C14H17Cl2N3S. The van der Waals surface area contributed by atoms with Crippen LogP contribution in [0.25, 0.3) is 0 Å². The molecule has 0 aliphatic carbocycles. The Bertz CT molecular complexity index is 558. The van der Waals surface area contributed by atoms with E-state index in [4.69, 9.17) is 23.2 Å². The van der Waals surface area contributed by atoms with E-state index in [2.05, 4.69) is 34.1 Å². The van der Waals surface area contributed by atoms with Crippen molar-refractivity contribution >= 4 is 46.2 Å². The van der Waals surface area contributed by atoms with E-state index < -0.39 is 0 Å². The highest BCUT2D eigenvalue weighted by atomic mass is 35.5. The second kappa shape index (κ2) is 7.16. The molecule has 0 bridgehead atoms. The lowest BCUT2D eigenvalue weighted by molar-refractivity contribution is 0.898. The molecule has 0 aromatic carbocycles. The number of hydrogen-bond acceptors (Lipinski definition) is 4. The van der Waals surface area contributed by atoms with Crippen LogP contribution in [0.4, 0.5) is 11.6 Å². The maximum atomic E-state index is 6.26. The number of nitrogens with zero attached hydrogens (tertiary/aromatic N) is 2. The number of anilines is 2. The Morgan fingerprint density at radius 2 is 2.15 bits per heavy atom. The molecule has 0 atom stereocenters. The molecule has 0 unspecified atom stereocenters. The number of rotatable bonds is 6. The van der Waals surface area contributed by atoms with Gasteiger partial charge >= 0.3 is 0 Å². The molecule has 1 N–H and O–H groups in total. The number of hydrogen-bond donors (Lipinski definition) is 1. The molecule has 2 aromatic heterocycles. The minimum atomic E-state index is 0.552. The van der Waals surface area contributed by atoms with Crippen LogP contribution in [0.1, 0.15) is 18.9 Å². The molecule has 0 amide bonds. The highest BCUT2D eigenvalue weighted by molar-refractivity contribution is 7.07. The lowest BCUT2D eigenvalue weighted by Crippen LogP contribution is -2.18. The van der Waals surface area contributed by atoms with Gasteiger partial charge in [0.25, 0.3) is 0 Å². The van der Waals surface area contributed by atoms with E-state index in [0.29, 0.717) is 15.9 Å². The molecule has 0 saturated heterocycles. The van der Waals surface area contributed by atoms with Crippen LogP contribution in [0.2, 0.25) is 10.0 Å². The average molecular weight is 330 g/mol. The van der Waals surface area contributed by atoms with E-state index in [9.17, 15) is 0 Å². The molecule has 2 aromatic rings. The summed E-state index contributed by atoms with van der Waals surface area (Å²) in [6.45, 7) is 3.70. The highest BCUT2D eigenvalue weighted by Gasteiger charge is 2.13. The normalized spacial score (nSPS) is 10.6. The van der Waals surface area contributed by atoms with Crippen LogP contribution in [0.3, 0.4) is 0 Å². The fourth-order valence-electron chi connectivity index (χ4n) is 1.82.